The van der Waals surface area contributed by atoms with E-state index in [2.05, 4.69) is 29.7 Å². The highest BCUT2D eigenvalue weighted by Gasteiger charge is 2.72. The number of aryl methyl sites for hydroxylation is 1. The number of nitrogens with one attached hydrogen (secondary N) is 3. The summed E-state index contributed by atoms with van der Waals surface area (Å²) >= 11 is 0. The predicted octanol–water partition coefficient (Wildman–Crippen LogP) is 6.87. The summed E-state index contributed by atoms with van der Waals surface area (Å²) in [6, 6.07) is 16.4. The number of hydrogen-bond acceptors (Lipinski definition) is 5. The molecule has 0 aromatic heterocycles. The number of rotatable bonds is 9. The molecule has 198 valence electrons. The van der Waals surface area contributed by atoms with Crippen molar-refractivity contribution in [2.24, 2.45) is 11.8 Å². The Morgan fingerprint density at radius 3 is 2.34 bits per heavy atom. The summed E-state index contributed by atoms with van der Waals surface area (Å²) in [4.78, 5) is 12.2. The minimum atomic E-state index is -3.29. The standard InChI is InChI=1S/C30H32F2N4O2/c1-17-8-5-6-11-24(17)20(4)38-29(22-9-7-10-22)36-27(19(3)34)18(2)21-12-14-23(15-13-21)35-28(37)26-25(16-33)30(26,31)32/h5-6,8,11-15,20,25-26,34,36H,7,9-10H2,1-4H3,(H,35,37)/b27-18-,34-19?. The summed E-state index contributed by atoms with van der Waals surface area (Å²) in [5, 5.41) is 23.1. The second-order valence-corrected chi connectivity index (χ2v) is 9.98. The van der Waals surface area contributed by atoms with Crippen LogP contribution in [0.4, 0.5) is 14.5 Å². The molecule has 0 bridgehead atoms. The average molecular weight is 519 g/mol. The van der Waals surface area contributed by atoms with Gasteiger partial charge in [-0.25, -0.2) is 8.78 Å². The van der Waals surface area contributed by atoms with Crippen molar-refractivity contribution in [3.8, 4) is 6.07 Å². The first-order valence-electron chi connectivity index (χ1n) is 12.7. The van der Waals surface area contributed by atoms with Crippen LogP contribution >= 0.6 is 0 Å². The summed E-state index contributed by atoms with van der Waals surface area (Å²) in [5.41, 5.74) is 6.34. The van der Waals surface area contributed by atoms with Gasteiger partial charge < -0.3 is 20.8 Å². The van der Waals surface area contributed by atoms with Crippen LogP contribution in [0.2, 0.25) is 0 Å². The van der Waals surface area contributed by atoms with E-state index in [0.29, 0.717) is 23.0 Å². The maximum atomic E-state index is 13.6. The number of hydrogen-bond donors (Lipinski definition) is 3. The molecule has 0 aliphatic heterocycles. The van der Waals surface area contributed by atoms with Crippen molar-refractivity contribution in [2.45, 2.75) is 59.0 Å². The first kappa shape index (κ1) is 27.1. The van der Waals surface area contributed by atoms with E-state index in [1.807, 2.05) is 26.0 Å². The van der Waals surface area contributed by atoms with Crippen molar-refractivity contribution in [1.82, 2.24) is 5.32 Å². The van der Waals surface area contributed by atoms with Gasteiger partial charge in [0, 0.05) is 5.69 Å². The Bertz CT molecular complexity index is 1350. The SMILES string of the molecule is CC(=N)/C(NC(OC(C)c1ccccc1C)=C1CCC1)=C(\C)c1ccc(NC(=O)C2C(C#N)C2(F)F)cc1. The van der Waals surface area contributed by atoms with Gasteiger partial charge in [-0.3, -0.25) is 4.79 Å². The van der Waals surface area contributed by atoms with Gasteiger partial charge in [0.15, 0.2) is 5.88 Å². The molecule has 2 saturated carbocycles. The van der Waals surface area contributed by atoms with E-state index in [0.717, 1.165) is 41.5 Å². The zero-order valence-corrected chi connectivity index (χ0v) is 22.0. The number of halogens is 2. The molecule has 2 aliphatic rings. The van der Waals surface area contributed by atoms with Gasteiger partial charge in [-0.15, -0.1) is 0 Å². The Kier molecular flexibility index (Phi) is 7.68. The smallest absolute Gasteiger partial charge is 0.277 e. The van der Waals surface area contributed by atoms with Crippen molar-refractivity contribution < 1.29 is 18.3 Å². The third-order valence-electron chi connectivity index (χ3n) is 7.25. The summed E-state index contributed by atoms with van der Waals surface area (Å²) in [7, 11) is 0. The van der Waals surface area contributed by atoms with Crippen LogP contribution in [0.25, 0.3) is 5.57 Å². The van der Waals surface area contributed by atoms with E-state index in [1.165, 1.54) is 11.6 Å². The number of ether oxygens (including phenoxy) is 1. The third kappa shape index (κ3) is 5.47. The average Bonchev–Trinajstić information content (AvgIpc) is 3.41. The normalized spacial score (nSPS) is 20.7. The van der Waals surface area contributed by atoms with E-state index in [9.17, 15) is 13.6 Å². The topological polar surface area (TPSA) is 98.0 Å². The molecule has 0 spiro atoms. The minimum Gasteiger partial charge on any atom is -0.471 e. The van der Waals surface area contributed by atoms with Crippen molar-refractivity contribution in [3.63, 3.8) is 0 Å². The van der Waals surface area contributed by atoms with Gasteiger partial charge in [-0.1, -0.05) is 36.4 Å². The largest absolute Gasteiger partial charge is 0.471 e. The number of anilines is 1. The number of nitriles is 1. The van der Waals surface area contributed by atoms with Gasteiger partial charge in [0.05, 0.1) is 17.5 Å². The molecule has 6 nitrogen and oxygen atoms in total. The summed E-state index contributed by atoms with van der Waals surface area (Å²) < 4.78 is 33.6. The number of benzene rings is 2. The highest BCUT2D eigenvalue weighted by Crippen LogP contribution is 2.55. The number of amides is 1. The molecule has 4 rings (SSSR count). The van der Waals surface area contributed by atoms with Gasteiger partial charge in [-0.05, 0) is 86.9 Å². The van der Waals surface area contributed by atoms with Crippen molar-refractivity contribution >= 4 is 22.9 Å². The molecule has 0 radical (unpaired) electrons. The van der Waals surface area contributed by atoms with Crippen molar-refractivity contribution in [2.75, 3.05) is 5.32 Å². The molecule has 3 atom stereocenters. The fourth-order valence-corrected chi connectivity index (χ4v) is 4.63. The van der Waals surface area contributed by atoms with E-state index in [-0.39, 0.29) is 6.10 Å². The zero-order valence-electron chi connectivity index (χ0n) is 22.0. The van der Waals surface area contributed by atoms with Gasteiger partial charge in [0.1, 0.15) is 17.9 Å². The Labute approximate surface area is 221 Å². The number of carbonyl (C=O) groups excluding carboxylic acids is 1. The van der Waals surface area contributed by atoms with Crippen LogP contribution in [0, 0.1) is 35.5 Å². The molecule has 1 amide bonds. The molecule has 2 aliphatic carbocycles. The number of carbonyl (C=O) groups is 1. The second kappa shape index (κ2) is 10.8. The fraction of sp³-hybridized carbons (Fsp3) is 0.367. The lowest BCUT2D eigenvalue weighted by Gasteiger charge is -2.28. The van der Waals surface area contributed by atoms with Crippen LogP contribution in [0.5, 0.6) is 0 Å². The lowest BCUT2D eigenvalue weighted by molar-refractivity contribution is -0.119. The van der Waals surface area contributed by atoms with Crippen LogP contribution in [-0.2, 0) is 9.53 Å². The number of allylic oxidation sites excluding steroid dienone is 3. The van der Waals surface area contributed by atoms with E-state index in [1.54, 1.807) is 31.2 Å². The van der Waals surface area contributed by atoms with Crippen molar-refractivity contribution in [3.05, 3.63) is 82.4 Å². The zero-order chi connectivity index (χ0) is 27.6. The van der Waals surface area contributed by atoms with Gasteiger partial charge >= 0.3 is 0 Å². The summed E-state index contributed by atoms with van der Waals surface area (Å²) in [6.07, 6.45) is 2.79. The lowest BCUT2D eigenvalue weighted by atomic mass is 9.92. The summed E-state index contributed by atoms with van der Waals surface area (Å²) in [6.45, 7) is 7.67. The molecule has 2 aromatic rings. The first-order valence-corrected chi connectivity index (χ1v) is 12.7. The number of alkyl halides is 2. The van der Waals surface area contributed by atoms with Gasteiger partial charge in [0.2, 0.25) is 5.91 Å². The Morgan fingerprint density at radius 2 is 1.82 bits per heavy atom. The maximum Gasteiger partial charge on any atom is 0.277 e. The fourth-order valence-electron chi connectivity index (χ4n) is 4.63. The molecular formula is C30H32F2N4O2. The van der Waals surface area contributed by atoms with Crippen LogP contribution in [0.3, 0.4) is 0 Å². The molecular weight excluding hydrogens is 486 g/mol. The molecule has 0 saturated heterocycles. The molecule has 38 heavy (non-hydrogen) atoms. The monoisotopic (exact) mass is 518 g/mol. The highest BCUT2D eigenvalue weighted by atomic mass is 19.3. The minimum absolute atomic E-state index is 0.179. The van der Waals surface area contributed by atoms with E-state index in [4.69, 9.17) is 15.4 Å². The quantitative estimate of drug-likeness (QED) is 0.249. The van der Waals surface area contributed by atoms with Crippen molar-refractivity contribution in [1.29, 1.82) is 10.7 Å². The van der Waals surface area contributed by atoms with E-state index >= 15 is 0 Å². The summed E-state index contributed by atoms with van der Waals surface area (Å²) in [5.74, 6) is -6.67. The molecule has 0 heterocycles. The lowest BCUT2D eigenvalue weighted by Crippen LogP contribution is -2.25. The van der Waals surface area contributed by atoms with Gasteiger partial charge in [-0.2, -0.15) is 5.26 Å². The van der Waals surface area contributed by atoms with E-state index < -0.39 is 23.7 Å². The predicted molar refractivity (Wildman–Crippen MR) is 143 cm³/mol. The Hall–Kier alpha value is -3.99. The first-order chi connectivity index (χ1) is 18.0. The Balaban J connectivity index is 1.52. The Morgan fingerprint density at radius 1 is 1.16 bits per heavy atom. The number of nitrogens with zero attached hydrogens (tertiary/aromatic N) is 1. The molecule has 3 unspecified atom stereocenters. The third-order valence-corrected chi connectivity index (χ3v) is 7.25. The van der Waals surface area contributed by atoms with Crippen LogP contribution in [-0.4, -0.2) is 17.5 Å². The second-order valence-electron chi connectivity index (χ2n) is 9.98. The molecule has 8 heteroatoms. The maximum absolute atomic E-state index is 13.6. The molecule has 2 fully saturated rings. The highest BCUT2D eigenvalue weighted by molar-refractivity contribution is 6.02. The van der Waals surface area contributed by atoms with Crippen LogP contribution in [0.1, 0.15) is 62.8 Å². The van der Waals surface area contributed by atoms with Crippen LogP contribution < -0.4 is 10.6 Å². The molecule has 3 N–H and O–H groups in total. The van der Waals surface area contributed by atoms with Crippen LogP contribution in [0.15, 0.2) is 65.7 Å². The molecule has 2 aromatic carbocycles. The van der Waals surface area contributed by atoms with Gasteiger partial charge in [0.25, 0.3) is 5.92 Å².